The molecular weight excluding hydrogens is 222 g/mol. The third kappa shape index (κ3) is 1.74. The molecule has 1 aromatic carbocycles. The van der Waals surface area contributed by atoms with Crippen molar-refractivity contribution in [2.45, 2.75) is 26.8 Å². The molecule has 0 amide bonds. The number of hydrogen-bond acceptors (Lipinski definition) is 1. The summed E-state index contributed by atoms with van der Waals surface area (Å²) in [5.74, 6) is 0. The Morgan fingerprint density at radius 3 is 2.62 bits per heavy atom. The number of benzene rings is 1. The predicted octanol–water partition coefficient (Wildman–Crippen LogP) is 3.24. The first kappa shape index (κ1) is 11.2. The van der Waals surface area contributed by atoms with Gasteiger partial charge < -0.3 is 4.57 Å². The molecule has 2 rings (SSSR count). The van der Waals surface area contributed by atoms with Crippen LogP contribution in [-0.2, 0) is 13.0 Å². The topological polar surface area (TPSA) is 22.0 Å². The molecule has 0 aliphatic rings. The smallest absolute Gasteiger partial charge is 0.252 e. The zero-order chi connectivity index (χ0) is 11.7. The maximum Gasteiger partial charge on any atom is 0.252 e. The highest BCUT2D eigenvalue weighted by Gasteiger charge is 2.06. The van der Waals surface area contributed by atoms with E-state index in [1.807, 2.05) is 19.1 Å². The van der Waals surface area contributed by atoms with Gasteiger partial charge >= 0.3 is 0 Å². The Bertz CT molecular complexity index is 586. The Balaban J connectivity index is 2.87. The monoisotopic (exact) mass is 235 g/mol. The van der Waals surface area contributed by atoms with Gasteiger partial charge in [-0.2, -0.15) is 0 Å². The van der Waals surface area contributed by atoms with Crippen LogP contribution in [0.1, 0.15) is 19.4 Å². The summed E-state index contributed by atoms with van der Waals surface area (Å²) in [6, 6.07) is 7.57. The lowest BCUT2D eigenvalue weighted by Gasteiger charge is -2.10. The number of rotatable bonds is 2. The zero-order valence-corrected chi connectivity index (χ0v) is 10.2. The van der Waals surface area contributed by atoms with Crippen molar-refractivity contribution in [3.63, 3.8) is 0 Å². The first-order valence-corrected chi connectivity index (χ1v) is 5.87. The van der Waals surface area contributed by atoms with Crippen LogP contribution in [0.2, 0.25) is 5.02 Å². The van der Waals surface area contributed by atoms with Gasteiger partial charge in [-0.05, 0) is 31.0 Å². The van der Waals surface area contributed by atoms with E-state index in [2.05, 4.69) is 13.0 Å². The molecule has 0 atom stereocenters. The molecule has 0 aliphatic carbocycles. The van der Waals surface area contributed by atoms with Gasteiger partial charge in [-0.3, -0.25) is 4.79 Å². The van der Waals surface area contributed by atoms with E-state index in [-0.39, 0.29) is 5.56 Å². The Labute approximate surface area is 99.5 Å². The van der Waals surface area contributed by atoms with Crippen molar-refractivity contribution in [1.29, 1.82) is 0 Å². The normalized spacial score (nSPS) is 10.9. The largest absolute Gasteiger partial charge is 0.308 e. The second kappa shape index (κ2) is 4.30. The molecule has 16 heavy (non-hydrogen) atoms. The molecule has 2 aromatic rings. The number of hydrogen-bond donors (Lipinski definition) is 0. The highest BCUT2D eigenvalue weighted by atomic mass is 35.5. The second-order valence-corrected chi connectivity index (χ2v) is 4.19. The van der Waals surface area contributed by atoms with Crippen molar-refractivity contribution in [2.24, 2.45) is 0 Å². The standard InChI is InChI=1S/C13H14ClNO/c1-3-9-5-6-12-10(7-9)11(14)8-13(16)15(12)4-2/h5-8H,3-4H2,1-2H3. The average Bonchev–Trinajstić information content (AvgIpc) is 2.29. The molecule has 1 heterocycles. The SMILES string of the molecule is CCc1ccc2c(c1)c(Cl)cc(=O)n2CC. The molecule has 84 valence electrons. The molecule has 2 nitrogen and oxygen atoms in total. The summed E-state index contributed by atoms with van der Waals surface area (Å²) in [5, 5.41) is 1.50. The van der Waals surface area contributed by atoms with Crippen LogP contribution < -0.4 is 5.56 Å². The van der Waals surface area contributed by atoms with Crippen molar-refractivity contribution in [1.82, 2.24) is 4.57 Å². The molecule has 0 radical (unpaired) electrons. The molecule has 0 saturated heterocycles. The van der Waals surface area contributed by atoms with Gasteiger partial charge in [-0.25, -0.2) is 0 Å². The van der Waals surface area contributed by atoms with E-state index in [0.29, 0.717) is 11.6 Å². The predicted molar refractivity (Wildman–Crippen MR) is 68.3 cm³/mol. The maximum atomic E-state index is 11.7. The fourth-order valence-corrected chi connectivity index (χ4v) is 2.18. The first-order chi connectivity index (χ1) is 7.67. The summed E-state index contributed by atoms with van der Waals surface area (Å²) in [6.07, 6.45) is 0.970. The number of aryl methyl sites for hydroxylation is 2. The zero-order valence-electron chi connectivity index (χ0n) is 9.46. The summed E-state index contributed by atoms with van der Waals surface area (Å²) in [5.41, 5.74) is 2.11. The number of nitrogens with zero attached hydrogens (tertiary/aromatic N) is 1. The number of fused-ring (bicyclic) bond motifs is 1. The van der Waals surface area contributed by atoms with Gasteiger partial charge in [0.15, 0.2) is 0 Å². The molecule has 0 fully saturated rings. The van der Waals surface area contributed by atoms with Crippen LogP contribution in [0.25, 0.3) is 10.9 Å². The number of aromatic nitrogens is 1. The first-order valence-electron chi connectivity index (χ1n) is 5.49. The fourth-order valence-electron chi connectivity index (χ4n) is 1.94. The molecular formula is C13H14ClNO. The molecule has 3 heteroatoms. The number of halogens is 1. The summed E-state index contributed by atoms with van der Waals surface area (Å²) in [6.45, 7) is 4.73. The van der Waals surface area contributed by atoms with Crippen LogP contribution in [0.15, 0.2) is 29.1 Å². The molecule has 0 N–H and O–H groups in total. The Morgan fingerprint density at radius 2 is 2.00 bits per heavy atom. The summed E-state index contributed by atoms with van der Waals surface area (Å²) >= 11 is 6.11. The highest BCUT2D eigenvalue weighted by Crippen LogP contribution is 2.23. The Hall–Kier alpha value is -1.28. The third-order valence-corrected chi connectivity index (χ3v) is 3.16. The van der Waals surface area contributed by atoms with Crippen LogP contribution in [0.4, 0.5) is 0 Å². The Morgan fingerprint density at radius 1 is 1.25 bits per heavy atom. The minimum absolute atomic E-state index is 0.0377. The van der Waals surface area contributed by atoms with Gasteiger partial charge in [0.1, 0.15) is 0 Å². The van der Waals surface area contributed by atoms with Gasteiger partial charge in [-0.1, -0.05) is 24.6 Å². The average molecular weight is 236 g/mol. The van der Waals surface area contributed by atoms with E-state index >= 15 is 0 Å². The minimum atomic E-state index is -0.0377. The molecule has 0 unspecified atom stereocenters. The van der Waals surface area contributed by atoms with Crippen LogP contribution in [0.3, 0.4) is 0 Å². The van der Waals surface area contributed by atoms with Crippen molar-refractivity contribution < 1.29 is 0 Å². The molecule has 1 aromatic heterocycles. The lowest BCUT2D eigenvalue weighted by molar-refractivity contribution is 0.760. The second-order valence-electron chi connectivity index (χ2n) is 3.78. The van der Waals surface area contributed by atoms with E-state index in [1.165, 1.54) is 11.6 Å². The van der Waals surface area contributed by atoms with E-state index in [1.54, 1.807) is 4.57 Å². The van der Waals surface area contributed by atoms with E-state index in [4.69, 9.17) is 11.6 Å². The van der Waals surface area contributed by atoms with Crippen LogP contribution in [0.5, 0.6) is 0 Å². The lowest BCUT2D eigenvalue weighted by Crippen LogP contribution is -2.18. The summed E-state index contributed by atoms with van der Waals surface area (Å²) in [7, 11) is 0. The van der Waals surface area contributed by atoms with Gasteiger partial charge in [0, 0.05) is 18.0 Å². The quantitative estimate of drug-likeness (QED) is 0.783. The fraction of sp³-hybridized carbons (Fsp3) is 0.308. The molecule has 0 aliphatic heterocycles. The molecule has 0 saturated carbocycles. The third-order valence-electron chi connectivity index (χ3n) is 2.85. The van der Waals surface area contributed by atoms with Gasteiger partial charge in [0.2, 0.25) is 0 Å². The van der Waals surface area contributed by atoms with Crippen molar-refractivity contribution >= 4 is 22.5 Å². The Kier molecular flexibility index (Phi) is 3.01. The van der Waals surface area contributed by atoms with Gasteiger partial charge in [0.05, 0.1) is 10.5 Å². The van der Waals surface area contributed by atoms with Crippen LogP contribution in [-0.4, -0.2) is 4.57 Å². The van der Waals surface area contributed by atoms with Crippen molar-refractivity contribution in [2.75, 3.05) is 0 Å². The highest BCUT2D eigenvalue weighted by molar-refractivity contribution is 6.35. The van der Waals surface area contributed by atoms with Crippen molar-refractivity contribution in [3.05, 3.63) is 45.2 Å². The van der Waals surface area contributed by atoms with Crippen LogP contribution >= 0.6 is 11.6 Å². The van der Waals surface area contributed by atoms with E-state index < -0.39 is 0 Å². The van der Waals surface area contributed by atoms with Gasteiger partial charge in [-0.15, -0.1) is 0 Å². The molecule has 0 bridgehead atoms. The maximum absolute atomic E-state index is 11.7. The van der Waals surface area contributed by atoms with Crippen molar-refractivity contribution in [3.8, 4) is 0 Å². The summed E-state index contributed by atoms with van der Waals surface area (Å²) in [4.78, 5) is 11.7. The van der Waals surface area contributed by atoms with Crippen LogP contribution in [0, 0.1) is 0 Å². The van der Waals surface area contributed by atoms with E-state index in [9.17, 15) is 4.79 Å². The summed E-state index contributed by atoms with van der Waals surface area (Å²) < 4.78 is 1.74. The molecule has 0 spiro atoms. The lowest BCUT2D eigenvalue weighted by atomic mass is 10.1. The van der Waals surface area contributed by atoms with Gasteiger partial charge in [0.25, 0.3) is 5.56 Å². The number of pyridine rings is 1. The van der Waals surface area contributed by atoms with E-state index in [0.717, 1.165) is 17.3 Å². The minimum Gasteiger partial charge on any atom is -0.308 e.